The fourth-order valence-corrected chi connectivity index (χ4v) is 1.54. The van der Waals surface area contributed by atoms with Gasteiger partial charge in [0.25, 0.3) is 11.7 Å². The summed E-state index contributed by atoms with van der Waals surface area (Å²) in [6.07, 6.45) is 3.27. The number of carbonyl (C=O) groups is 1. The van der Waals surface area contributed by atoms with Gasteiger partial charge in [0.1, 0.15) is 0 Å². The Kier molecular flexibility index (Phi) is 3.31. The first-order valence-electron chi connectivity index (χ1n) is 5.30. The summed E-state index contributed by atoms with van der Waals surface area (Å²) in [5, 5.41) is 6.71. The van der Waals surface area contributed by atoms with Gasteiger partial charge < -0.3 is 11.1 Å². The SMILES string of the molecule is CC(C)(N)CNC(=O)c1nc2ncc(Br)cn2n1. The van der Waals surface area contributed by atoms with Crippen LogP contribution in [-0.4, -0.2) is 37.6 Å². The minimum atomic E-state index is -0.476. The average Bonchev–Trinajstić information content (AvgIpc) is 2.67. The van der Waals surface area contributed by atoms with E-state index in [4.69, 9.17) is 5.73 Å². The number of carbonyl (C=O) groups excluding carboxylic acids is 1. The van der Waals surface area contributed by atoms with E-state index in [1.165, 1.54) is 4.52 Å². The second kappa shape index (κ2) is 4.62. The van der Waals surface area contributed by atoms with Crippen LogP contribution in [0.4, 0.5) is 0 Å². The van der Waals surface area contributed by atoms with E-state index in [1.54, 1.807) is 12.4 Å². The van der Waals surface area contributed by atoms with E-state index >= 15 is 0 Å². The van der Waals surface area contributed by atoms with Crippen LogP contribution in [-0.2, 0) is 0 Å². The Morgan fingerprint density at radius 3 is 3.00 bits per heavy atom. The van der Waals surface area contributed by atoms with Gasteiger partial charge in [0.05, 0.1) is 4.47 Å². The topological polar surface area (TPSA) is 98.2 Å². The lowest BCUT2D eigenvalue weighted by molar-refractivity contribution is 0.0936. The fourth-order valence-electron chi connectivity index (χ4n) is 1.24. The summed E-state index contributed by atoms with van der Waals surface area (Å²) in [5.41, 5.74) is 5.30. The molecule has 0 aliphatic rings. The van der Waals surface area contributed by atoms with Crippen LogP contribution in [0.5, 0.6) is 0 Å². The van der Waals surface area contributed by atoms with Crippen molar-refractivity contribution in [2.45, 2.75) is 19.4 Å². The van der Waals surface area contributed by atoms with E-state index in [9.17, 15) is 4.79 Å². The normalized spacial score (nSPS) is 11.8. The number of amides is 1. The second-order valence-electron chi connectivity index (χ2n) is 4.62. The largest absolute Gasteiger partial charge is 0.347 e. The molecule has 0 aliphatic heterocycles. The predicted molar refractivity (Wildman–Crippen MR) is 69.1 cm³/mol. The summed E-state index contributed by atoms with van der Waals surface area (Å²) in [6, 6.07) is 0. The summed E-state index contributed by atoms with van der Waals surface area (Å²) in [7, 11) is 0. The molecule has 0 aliphatic carbocycles. The number of nitrogens with zero attached hydrogens (tertiary/aromatic N) is 4. The van der Waals surface area contributed by atoms with Gasteiger partial charge in [0.2, 0.25) is 5.82 Å². The van der Waals surface area contributed by atoms with Gasteiger partial charge in [-0.1, -0.05) is 0 Å². The lowest BCUT2D eigenvalue weighted by Crippen LogP contribution is -2.45. The van der Waals surface area contributed by atoms with Crippen LogP contribution in [0.1, 0.15) is 24.5 Å². The van der Waals surface area contributed by atoms with Crippen LogP contribution < -0.4 is 11.1 Å². The molecular formula is C10H13BrN6O. The Morgan fingerprint density at radius 2 is 2.33 bits per heavy atom. The van der Waals surface area contributed by atoms with Gasteiger partial charge in [-0.2, -0.15) is 4.98 Å². The molecule has 0 radical (unpaired) electrons. The van der Waals surface area contributed by atoms with E-state index in [-0.39, 0.29) is 11.7 Å². The Hall–Kier alpha value is -1.54. The maximum atomic E-state index is 11.8. The monoisotopic (exact) mass is 312 g/mol. The Labute approximate surface area is 112 Å². The average molecular weight is 313 g/mol. The van der Waals surface area contributed by atoms with Crippen molar-refractivity contribution in [2.75, 3.05) is 6.54 Å². The van der Waals surface area contributed by atoms with Crippen molar-refractivity contribution in [1.82, 2.24) is 24.9 Å². The van der Waals surface area contributed by atoms with Crippen molar-refractivity contribution in [3.63, 3.8) is 0 Å². The first-order valence-corrected chi connectivity index (χ1v) is 6.09. The molecule has 0 atom stereocenters. The summed E-state index contributed by atoms with van der Waals surface area (Å²) < 4.78 is 2.20. The lowest BCUT2D eigenvalue weighted by atomic mass is 10.1. The summed E-state index contributed by atoms with van der Waals surface area (Å²) >= 11 is 3.27. The molecule has 0 saturated heterocycles. The molecular weight excluding hydrogens is 300 g/mol. The van der Waals surface area contributed by atoms with Crippen LogP contribution >= 0.6 is 15.9 Å². The van der Waals surface area contributed by atoms with Gasteiger partial charge >= 0.3 is 0 Å². The smallest absolute Gasteiger partial charge is 0.291 e. The maximum absolute atomic E-state index is 11.8. The number of rotatable bonds is 3. The zero-order valence-electron chi connectivity index (χ0n) is 10.0. The first kappa shape index (κ1) is 12.9. The predicted octanol–water partition coefficient (Wildman–Crippen LogP) is 0.354. The van der Waals surface area contributed by atoms with Gasteiger partial charge in [-0.25, -0.2) is 9.50 Å². The number of nitrogens with one attached hydrogen (secondary N) is 1. The highest BCUT2D eigenvalue weighted by Gasteiger charge is 2.17. The number of fused-ring (bicyclic) bond motifs is 1. The Balaban J connectivity index is 2.18. The quantitative estimate of drug-likeness (QED) is 0.852. The molecule has 0 aromatic carbocycles. The third kappa shape index (κ3) is 3.02. The minimum Gasteiger partial charge on any atom is -0.347 e. The molecule has 2 aromatic heterocycles. The van der Waals surface area contributed by atoms with Crippen molar-refractivity contribution in [2.24, 2.45) is 5.73 Å². The summed E-state index contributed by atoms with van der Waals surface area (Å²) in [6.45, 7) is 3.99. The van der Waals surface area contributed by atoms with Crippen LogP contribution in [0.3, 0.4) is 0 Å². The number of aromatic nitrogens is 4. The molecule has 96 valence electrons. The van der Waals surface area contributed by atoms with Crippen LogP contribution in [0.2, 0.25) is 0 Å². The van der Waals surface area contributed by atoms with Crippen molar-refractivity contribution in [3.8, 4) is 0 Å². The number of nitrogens with two attached hydrogens (primary N) is 1. The van der Waals surface area contributed by atoms with Gasteiger partial charge in [-0.05, 0) is 29.8 Å². The van der Waals surface area contributed by atoms with Gasteiger partial charge in [0, 0.05) is 24.5 Å². The summed E-state index contributed by atoms with van der Waals surface area (Å²) in [4.78, 5) is 19.9. The third-order valence-corrected chi connectivity index (χ3v) is 2.48. The van der Waals surface area contributed by atoms with E-state index in [2.05, 4.69) is 36.3 Å². The molecule has 2 aromatic rings. The van der Waals surface area contributed by atoms with Crippen molar-refractivity contribution >= 4 is 27.6 Å². The van der Waals surface area contributed by atoms with E-state index in [1.807, 2.05) is 13.8 Å². The molecule has 8 heteroatoms. The third-order valence-electron chi connectivity index (χ3n) is 2.07. The highest BCUT2D eigenvalue weighted by Crippen LogP contribution is 2.07. The molecule has 2 heterocycles. The Bertz CT molecular complexity index is 588. The highest BCUT2D eigenvalue weighted by atomic mass is 79.9. The molecule has 0 bridgehead atoms. The number of hydrogen-bond acceptors (Lipinski definition) is 5. The fraction of sp³-hybridized carbons (Fsp3) is 0.400. The molecule has 1 amide bonds. The molecule has 7 nitrogen and oxygen atoms in total. The van der Waals surface area contributed by atoms with E-state index in [0.29, 0.717) is 12.3 Å². The first-order chi connectivity index (χ1) is 8.35. The summed E-state index contributed by atoms with van der Waals surface area (Å²) in [5.74, 6) is 0.0790. The molecule has 0 fully saturated rings. The zero-order chi connectivity index (χ0) is 13.3. The van der Waals surface area contributed by atoms with Gasteiger partial charge in [0.15, 0.2) is 0 Å². The zero-order valence-corrected chi connectivity index (χ0v) is 11.6. The van der Waals surface area contributed by atoms with Crippen LogP contribution in [0.15, 0.2) is 16.9 Å². The number of halogens is 1. The van der Waals surface area contributed by atoms with Crippen LogP contribution in [0.25, 0.3) is 5.78 Å². The Morgan fingerprint density at radius 1 is 1.61 bits per heavy atom. The molecule has 3 N–H and O–H groups in total. The van der Waals surface area contributed by atoms with Gasteiger partial charge in [-0.15, -0.1) is 5.10 Å². The number of hydrogen-bond donors (Lipinski definition) is 2. The maximum Gasteiger partial charge on any atom is 0.291 e. The van der Waals surface area contributed by atoms with Crippen molar-refractivity contribution < 1.29 is 4.79 Å². The lowest BCUT2D eigenvalue weighted by Gasteiger charge is -2.17. The highest BCUT2D eigenvalue weighted by molar-refractivity contribution is 9.10. The second-order valence-corrected chi connectivity index (χ2v) is 5.54. The molecule has 0 saturated carbocycles. The standard InChI is InChI=1S/C10H13BrN6O/c1-10(2,12)5-14-8(18)7-15-9-13-3-6(11)4-17(9)16-7/h3-4H,5,12H2,1-2H3,(H,14,18). The molecule has 0 spiro atoms. The van der Waals surface area contributed by atoms with Crippen molar-refractivity contribution in [3.05, 3.63) is 22.7 Å². The van der Waals surface area contributed by atoms with Crippen molar-refractivity contribution in [1.29, 1.82) is 0 Å². The minimum absolute atomic E-state index is 0.0739. The molecule has 2 rings (SSSR count). The molecule has 18 heavy (non-hydrogen) atoms. The molecule has 0 unspecified atom stereocenters. The van der Waals surface area contributed by atoms with E-state index in [0.717, 1.165) is 4.47 Å². The van der Waals surface area contributed by atoms with E-state index < -0.39 is 5.54 Å². The van der Waals surface area contributed by atoms with Gasteiger partial charge in [-0.3, -0.25) is 4.79 Å². The van der Waals surface area contributed by atoms with Crippen LogP contribution in [0, 0.1) is 0 Å².